The van der Waals surface area contributed by atoms with Gasteiger partial charge in [-0.1, -0.05) is 24.3 Å². The number of benzene rings is 3. The summed E-state index contributed by atoms with van der Waals surface area (Å²) in [5.74, 6) is 1.42. The molecule has 0 saturated heterocycles. The van der Waals surface area contributed by atoms with Gasteiger partial charge in [0, 0.05) is 60.1 Å². The Morgan fingerprint density at radius 1 is 0.939 bits per heavy atom. The molecular formula is C27H26N4O2. The van der Waals surface area contributed by atoms with Gasteiger partial charge in [-0.25, -0.2) is 9.98 Å². The van der Waals surface area contributed by atoms with Gasteiger partial charge < -0.3 is 14.1 Å². The van der Waals surface area contributed by atoms with Crippen molar-refractivity contribution in [2.24, 2.45) is 4.99 Å². The largest absolute Gasteiger partial charge is 0.491 e. The molecule has 0 unspecified atom stereocenters. The van der Waals surface area contributed by atoms with Crippen LogP contribution in [0.25, 0.3) is 33.3 Å². The quantitative estimate of drug-likeness (QED) is 0.242. The number of pyridine rings is 1. The van der Waals surface area contributed by atoms with Gasteiger partial charge in [0.15, 0.2) is 17.1 Å². The summed E-state index contributed by atoms with van der Waals surface area (Å²) in [7, 11) is 0. The third-order valence-electron chi connectivity index (χ3n) is 5.77. The maximum absolute atomic E-state index is 6.46. The Morgan fingerprint density at radius 2 is 1.70 bits per heavy atom. The van der Waals surface area contributed by atoms with Crippen molar-refractivity contribution in [2.75, 3.05) is 24.6 Å². The number of rotatable bonds is 6. The van der Waals surface area contributed by atoms with Gasteiger partial charge >= 0.3 is 0 Å². The summed E-state index contributed by atoms with van der Waals surface area (Å²) in [6.07, 6.45) is 3.48. The molecule has 6 heteroatoms. The molecule has 0 bridgehead atoms. The van der Waals surface area contributed by atoms with Gasteiger partial charge in [0.25, 0.3) is 0 Å². The molecule has 3 aromatic rings. The second-order valence-electron chi connectivity index (χ2n) is 7.72. The molecule has 33 heavy (non-hydrogen) atoms. The van der Waals surface area contributed by atoms with E-state index in [1.54, 1.807) is 12.4 Å². The molecule has 0 atom stereocenters. The number of nitrogens with zero attached hydrogens (tertiary/aromatic N) is 4. The molecule has 0 spiro atoms. The molecule has 2 aromatic carbocycles. The average Bonchev–Trinajstić information content (AvgIpc) is 2.85. The third kappa shape index (κ3) is 3.89. The van der Waals surface area contributed by atoms with Gasteiger partial charge in [-0.2, -0.15) is 0 Å². The van der Waals surface area contributed by atoms with E-state index in [0.29, 0.717) is 18.0 Å². The minimum Gasteiger partial charge on any atom is -0.491 e. The third-order valence-corrected chi connectivity index (χ3v) is 5.77. The Hall–Kier alpha value is -3.93. The van der Waals surface area contributed by atoms with Crippen molar-refractivity contribution in [3.05, 3.63) is 72.3 Å². The van der Waals surface area contributed by atoms with E-state index in [4.69, 9.17) is 19.1 Å². The predicted molar refractivity (Wildman–Crippen MR) is 132 cm³/mol. The van der Waals surface area contributed by atoms with Crippen molar-refractivity contribution in [3.8, 4) is 17.2 Å². The highest BCUT2D eigenvalue weighted by molar-refractivity contribution is 5.97. The van der Waals surface area contributed by atoms with Gasteiger partial charge in [-0.15, -0.1) is 0 Å². The summed E-state index contributed by atoms with van der Waals surface area (Å²) in [6, 6.07) is 18.0. The fourth-order valence-electron chi connectivity index (χ4n) is 4.18. The summed E-state index contributed by atoms with van der Waals surface area (Å²) in [4.78, 5) is 16.3. The number of ether oxygens (including phenoxy) is 1. The number of anilines is 1. The molecule has 1 aromatic heterocycles. The van der Waals surface area contributed by atoms with Crippen LogP contribution in [0.5, 0.6) is 5.75 Å². The highest BCUT2D eigenvalue weighted by Crippen LogP contribution is 2.36. The molecule has 0 fully saturated rings. The lowest BCUT2D eigenvalue weighted by atomic mass is 10.0. The first-order valence-corrected chi connectivity index (χ1v) is 11.3. The van der Waals surface area contributed by atoms with Crippen LogP contribution in [-0.4, -0.2) is 29.7 Å². The van der Waals surface area contributed by atoms with Gasteiger partial charge in [0.05, 0.1) is 17.7 Å². The van der Waals surface area contributed by atoms with Crippen molar-refractivity contribution in [1.29, 1.82) is 0 Å². The fourth-order valence-corrected chi connectivity index (χ4v) is 4.18. The van der Waals surface area contributed by atoms with Crippen LogP contribution in [0.4, 0.5) is 11.4 Å². The zero-order valence-electron chi connectivity index (χ0n) is 19.1. The van der Waals surface area contributed by atoms with Crippen LogP contribution in [0.15, 0.2) is 76.4 Å². The van der Waals surface area contributed by atoms with Crippen LogP contribution >= 0.6 is 0 Å². The first kappa shape index (κ1) is 20.9. The molecule has 166 valence electrons. The molecule has 2 heterocycles. The summed E-state index contributed by atoms with van der Waals surface area (Å²) in [5, 5.41) is 2.84. The van der Waals surface area contributed by atoms with Gasteiger partial charge in [-0.3, -0.25) is 4.98 Å². The fraction of sp³-hybridized carbons (Fsp3) is 0.222. The van der Waals surface area contributed by atoms with Crippen LogP contribution in [0.3, 0.4) is 0 Å². The zero-order valence-corrected chi connectivity index (χ0v) is 19.1. The lowest BCUT2D eigenvalue weighted by Crippen LogP contribution is -2.21. The molecule has 0 N–H and O–H groups in total. The standard InChI is InChI=1S/C27H26N4O2/c1-4-31(5-2)19-15-23(32-6-3)27-24(16-19)33-25-17-22(29-18-11-13-28-14-12-18)20-9-7-8-10-21(20)26(25)30-27/h7-17H,4-6H2,1-3H3/b29-22-. The van der Waals surface area contributed by atoms with E-state index in [1.807, 2.05) is 43.3 Å². The lowest BCUT2D eigenvalue weighted by Gasteiger charge is -2.22. The molecule has 5 rings (SSSR count). The lowest BCUT2D eigenvalue weighted by molar-refractivity contribution is 0.343. The Labute approximate surface area is 192 Å². The van der Waals surface area contributed by atoms with Gasteiger partial charge in [0.1, 0.15) is 11.2 Å². The highest BCUT2D eigenvalue weighted by atomic mass is 16.5. The van der Waals surface area contributed by atoms with E-state index in [-0.39, 0.29) is 0 Å². The van der Waals surface area contributed by atoms with Crippen molar-refractivity contribution >= 4 is 33.2 Å². The van der Waals surface area contributed by atoms with Crippen molar-refractivity contribution < 1.29 is 9.15 Å². The van der Waals surface area contributed by atoms with E-state index < -0.39 is 0 Å². The van der Waals surface area contributed by atoms with Gasteiger partial charge in [-0.05, 0) is 32.9 Å². The second kappa shape index (κ2) is 8.90. The van der Waals surface area contributed by atoms with E-state index in [0.717, 1.165) is 57.6 Å². The van der Waals surface area contributed by atoms with Crippen molar-refractivity contribution in [3.63, 3.8) is 0 Å². The molecule has 0 radical (unpaired) electrons. The molecule has 2 aliphatic rings. The highest BCUT2D eigenvalue weighted by Gasteiger charge is 2.19. The summed E-state index contributed by atoms with van der Waals surface area (Å²) in [6.45, 7) is 8.62. The minimum absolute atomic E-state index is 0.557. The Balaban J connectivity index is 1.84. The Kier molecular flexibility index (Phi) is 5.65. The van der Waals surface area contributed by atoms with Crippen molar-refractivity contribution in [2.45, 2.75) is 20.8 Å². The summed E-state index contributed by atoms with van der Waals surface area (Å²) in [5.41, 5.74) is 4.11. The minimum atomic E-state index is 0.557. The number of hydrogen-bond donors (Lipinski definition) is 0. The van der Waals surface area contributed by atoms with Crippen LogP contribution < -0.4 is 15.0 Å². The predicted octanol–water partition coefficient (Wildman–Crippen LogP) is 5.96. The molecule has 6 nitrogen and oxygen atoms in total. The maximum Gasteiger partial charge on any atom is 0.159 e. The molecular weight excluding hydrogens is 412 g/mol. The van der Waals surface area contributed by atoms with Crippen molar-refractivity contribution in [1.82, 2.24) is 9.97 Å². The van der Waals surface area contributed by atoms with E-state index in [1.165, 1.54) is 0 Å². The van der Waals surface area contributed by atoms with E-state index >= 15 is 0 Å². The molecule has 0 amide bonds. The first-order valence-electron chi connectivity index (χ1n) is 11.3. The maximum atomic E-state index is 6.46. The number of fused-ring (bicyclic) bond motifs is 4. The summed E-state index contributed by atoms with van der Waals surface area (Å²) < 4.78 is 12.4. The van der Waals surface area contributed by atoms with Crippen LogP contribution in [0.2, 0.25) is 0 Å². The number of aromatic nitrogens is 2. The average molecular weight is 439 g/mol. The summed E-state index contributed by atoms with van der Waals surface area (Å²) >= 11 is 0. The van der Waals surface area contributed by atoms with Crippen LogP contribution in [-0.2, 0) is 0 Å². The van der Waals surface area contributed by atoms with E-state index in [2.05, 4.69) is 41.9 Å². The monoisotopic (exact) mass is 438 g/mol. The first-order chi connectivity index (χ1) is 16.2. The molecule has 1 aliphatic carbocycles. The smallest absolute Gasteiger partial charge is 0.159 e. The van der Waals surface area contributed by atoms with E-state index in [9.17, 15) is 0 Å². The Bertz CT molecular complexity index is 1460. The molecule has 1 aliphatic heterocycles. The molecule has 0 saturated carbocycles. The topological polar surface area (TPSA) is 63.8 Å². The Morgan fingerprint density at radius 3 is 2.42 bits per heavy atom. The van der Waals surface area contributed by atoms with Gasteiger partial charge in [0.2, 0.25) is 0 Å². The zero-order chi connectivity index (χ0) is 22.8. The second-order valence-corrected chi connectivity index (χ2v) is 7.72. The van der Waals surface area contributed by atoms with Crippen LogP contribution in [0, 0.1) is 0 Å². The SMILES string of the molecule is CCOc1cc(N(CC)CC)cc2oc3c/c(=N/c4ccncc4)c4ccccc4c-3nc12. The van der Waals surface area contributed by atoms with Crippen LogP contribution in [0.1, 0.15) is 20.8 Å². The number of hydrogen-bond acceptors (Lipinski definition) is 6. The normalized spacial score (nSPS) is 12.0.